The molecule has 5 nitrogen and oxygen atoms in total. The van der Waals surface area contributed by atoms with E-state index in [1.54, 1.807) is 17.9 Å². The van der Waals surface area contributed by atoms with Crippen molar-refractivity contribution in [1.29, 1.82) is 0 Å². The molecule has 0 aromatic heterocycles. The molecule has 0 fully saturated rings. The minimum absolute atomic E-state index is 0.229. The largest absolute Gasteiger partial charge is 0.489 e. The molecule has 0 bridgehead atoms. The predicted molar refractivity (Wildman–Crippen MR) is 127 cm³/mol. The van der Waals surface area contributed by atoms with Gasteiger partial charge in [0.05, 0.1) is 24.8 Å². The number of ether oxygens (including phenoxy) is 2. The highest BCUT2D eigenvalue weighted by Gasteiger charge is 2.36. The van der Waals surface area contributed by atoms with Crippen LogP contribution in [0.15, 0.2) is 102 Å². The molecule has 0 aliphatic carbocycles. The highest BCUT2D eigenvalue weighted by Crippen LogP contribution is 2.33. The van der Waals surface area contributed by atoms with E-state index in [1.165, 1.54) is 7.11 Å². The SMILES string of the molecule is COC(=O)C1=C(C)N(Cc2ccccc2)C(=O)/C1=C\c1cccc(OCc2ccccc2)c1. The molecule has 1 aliphatic rings. The quantitative estimate of drug-likeness (QED) is 0.378. The Morgan fingerprint density at radius 3 is 2.24 bits per heavy atom. The van der Waals surface area contributed by atoms with Crippen LogP contribution in [0.5, 0.6) is 5.75 Å². The first-order valence-electron chi connectivity index (χ1n) is 10.7. The summed E-state index contributed by atoms with van der Waals surface area (Å²) >= 11 is 0. The van der Waals surface area contributed by atoms with Gasteiger partial charge in [-0.15, -0.1) is 0 Å². The van der Waals surface area contributed by atoms with Crippen LogP contribution in [0.4, 0.5) is 0 Å². The number of amides is 1. The second-order valence-electron chi connectivity index (χ2n) is 7.73. The van der Waals surface area contributed by atoms with Crippen LogP contribution in [0.2, 0.25) is 0 Å². The van der Waals surface area contributed by atoms with Crippen molar-refractivity contribution in [3.63, 3.8) is 0 Å². The average molecular weight is 440 g/mol. The summed E-state index contributed by atoms with van der Waals surface area (Å²) in [4.78, 5) is 27.5. The van der Waals surface area contributed by atoms with E-state index < -0.39 is 5.97 Å². The fraction of sp³-hybridized carbons (Fsp3) is 0.143. The van der Waals surface area contributed by atoms with Gasteiger partial charge in [-0.2, -0.15) is 0 Å². The van der Waals surface area contributed by atoms with Gasteiger partial charge in [-0.05, 0) is 41.8 Å². The Morgan fingerprint density at radius 2 is 1.58 bits per heavy atom. The van der Waals surface area contributed by atoms with Gasteiger partial charge in [0.1, 0.15) is 12.4 Å². The Labute approximate surface area is 193 Å². The lowest BCUT2D eigenvalue weighted by Crippen LogP contribution is -2.24. The number of esters is 1. The van der Waals surface area contributed by atoms with Crippen LogP contribution in [-0.2, 0) is 27.5 Å². The Hall–Kier alpha value is -4.12. The van der Waals surface area contributed by atoms with E-state index in [1.807, 2.05) is 84.9 Å². The molecule has 1 heterocycles. The summed E-state index contributed by atoms with van der Waals surface area (Å²) in [6.07, 6.45) is 1.72. The number of carbonyl (C=O) groups is 2. The fourth-order valence-corrected chi connectivity index (χ4v) is 3.79. The molecule has 0 saturated carbocycles. The number of nitrogens with zero attached hydrogens (tertiary/aromatic N) is 1. The van der Waals surface area contributed by atoms with Crippen LogP contribution in [0.25, 0.3) is 6.08 Å². The monoisotopic (exact) mass is 439 g/mol. The van der Waals surface area contributed by atoms with Gasteiger partial charge in [0.2, 0.25) is 0 Å². The van der Waals surface area contributed by atoms with Crippen LogP contribution in [0.3, 0.4) is 0 Å². The normalized spacial score (nSPS) is 14.7. The van der Waals surface area contributed by atoms with Crippen molar-refractivity contribution in [2.75, 3.05) is 7.11 Å². The maximum absolute atomic E-state index is 13.3. The summed E-state index contributed by atoms with van der Waals surface area (Å²) in [7, 11) is 1.32. The second kappa shape index (κ2) is 10.0. The Morgan fingerprint density at radius 1 is 0.909 bits per heavy atom. The molecule has 1 aliphatic heterocycles. The predicted octanol–water partition coefficient (Wildman–Crippen LogP) is 5.14. The molecule has 0 N–H and O–H groups in total. The highest BCUT2D eigenvalue weighted by atomic mass is 16.5. The first-order chi connectivity index (χ1) is 16.1. The summed E-state index contributed by atoms with van der Waals surface area (Å²) in [5.41, 5.74) is 3.99. The summed E-state index contributed by atoms with van der Waals surface area (Å²) in [6, 6.07) is 27.0. The standard InChI is InChI=1S/C28H25NO4/c1-20-26(28(31)32-2)25(27(30)29(20)18-21-10-5-3-6-11-21)17-23-14-9-15-24(16-23)33-19-22-12-7-4-8-13-22/h3-17H,18-19H2,1-2H3/b25-17-. The molecule has 1 amide bonds. The van der Waals surface area contributed by atoms with E-state index >= 15 is 0 Å². The summed E-state index contributed by atoms with van der Waals surface area (Å²) < 4.78 is 10.9. The van der Waals surface area contributed by atoms with Crippen molar-refractivity contribution in [3.05, 3.63) is 118 Å². The van der Waals surface area contributed by atoms with E-state index in [0.29, 0.717) is 30.2 Å². The summed E-state index contributed by atoms with van der Waals surface area (Å²) in [5, 5.41) is 0. The van der Waals surface area contributed by atoms with Gasteiger partial charge in [0.15, 0.2) is 0 Å². The van der Waals surface area contributed by atoms with Gasteiger partial charge in [0, 0.05) is 5.70 Å². The van der Waals surface area contributed by atoms with Crippen LogP contribution in [-0.4, -0.2) is 23.9 Å². The third kappa shape index (κ3) is 5.04. The summed E-state index contributed by atoms with van der Waals surface area (Å²) in [5.74, 6) is -0.0772. The molecule has 166 valence electrons. The van der Waals surface area contributed by atoms with Gasteiger partial charge < -0.3 is 14.4 Å². The number of hydrogen-bond donors (Lipinski definition) is 0. The molecule has 3 aromatic carbocycles. The highest BCUT2D eigenvalue weighted by molar-refractivity contribution is 6.16. The van der Waals surface area contributed by atoms with E-state index in [0.717, 1.165) is 16.7 Å². The molecular formula is C28H25NO4. The molecule has 0 atom stereocenters. The van der Waals surface area contributed by atoms with Gasteiger partial charge in [-0.1, -0.05) is 72.8 Å². The smallest absolute Gasteiger partial charge is 0.340 e. The van der Waals surface area contributed by atoms with Crippen LogP contribution < -0.4 is 4.74 Å². The van der Waals surface area contributed by atoms with Crippen molar-refractivity contribution in [3.8, 4) is 5.75 Å². The number of hydrogen-bond acceptors (Lipinski definition) is 4. The minimum Gasteiger partial charge on any atom is -0.489 e. The van der Waals surface area contributed by atoms with Crippen LogP contribution >= 0.6 is 0 Å². The summed E-state index contributed by atoms with van der Waals surface area (Å²) in [6.45, 7) is 2.59. The number of carbonyl (C=O) groups excluding carboxylic acids is 2. The van der Waals surface area contributed by atoms with E-state index in [9.17, 15) is 9.59 Å². The van der Waals surface area contributed by atoms with Gasteiger partial charge in [-0.3, -0.25) is 4.79 Å². The number of methoxy groups -OCH3 is 1. The third-order valence-electron chi connectivity index (χ3n) is 5.50. The Balaban J connectivity index is 1.61. The zero-order valence-corrected chi connectivity index (χ0v) is 18.7. The lowest BCUT2D eigenvalue weighted by Gasteiger charge is -2.17. The van der Waals surface area contributed by atoms with Crippen molar-refractivity contribution in [2.24, 2.45) is 0 Å². The van der Waals surface area contributed by atoms with E-state index in [2.05, 4.69) is 0 Å². The second-order valence-corrected chi connectivity index (χ2v) is 7.73. The van der Waals surface area contributed by atoms with Crippen molar-refractivity contribution in [1.82, 2.24) is 4.90 Å². The molecule has 5 heteroatoms. The van der Waals surface area contributed by atoms with Crippen LogP contribution in [0.1, 0.15) is 23.6 Å². The Bertz CT molecular complexity index is 1210. The maximum Gasteiger partial charge on any atom is 0.340 e. The zero-order valence-electron chi connectivity index (χ0n) is 18.7. The first kappa shape index (κ1) is 22.1. The van der Waals surface area contributed by atoms with Crippen molar-refractivity contribution < 1.29 is 19.1 Å². The minimum atomic E-state index is -0.529. The molecule has 0 saturated heterocycles. The first-order valence-corrected chi connectivity index (χ1v) is 10.7. The van der Waals surface area contributed by atoms with Gasteiger partial charge in [0.25, 0.3) is 5.91 Å². The van der Waals surface area contributed by atoms with Crippen LogP contribution in [0, 0.1) is 0 Å². The lowest BCUT2D eigenvalue weighted by molar-refractivity contribution is -0.136. The van der Waals surface area contributed by atoms with E-state index in [-0.39, 0.29) is 11.5 Å². The lowest BCUT2D eigenvalue weighted by atomic mass is 10.0. The number of rotatable bonds is 7. The molecule has 0 radical (unpaired) electrons. The molecule has 4 rings (SSSR count). The average Bonchev–Trinajstić information content (AvgIpc) is 3.08. The number of allylic oxidation sites excluding steroid dienone is 1. The van der Waals surface area contributed by atoms with Crippen molar-refractivity contribution >= 4 is 18.0 Å². The Kier molecular flexibility index (Phi) is 6.69. The zero-order chi connectivity index (χ0) is 23.2. The molecule has 33 heavy (non-hydrogen) atoms. The molecule has 0 unspecified atom stereocenters. The molecule has 0 spiro atoms. The topological polar surface area (TPSA) is 55.8 Å². The van der Waals surface area contributed by atoms with Crippen molar-refractivity contribution in [2.45, 2.75) is 20.1 Å². The molecule has 3 aromatic rings. The molecular weight excluding hydrogens is 414 g/mol. The maximum atomic E-state index is 13.3. The van der Waals surface area contributed by atoms with E-state index in [4.69, 9.17) is 9.47 Å². The van der Waals surface area contributed by atoms with Gasteiger partial charge in [-0.25, -0.2) is 4.79 Å². The third-order valence-corrected chi connectivity index (χ3v) is 5.50. The number of benzene rings is 3. The van der Waals surface area contributed by atoms with Gasteiger partial charge >= 0.3 is 5.97 Å². The fourth-order valence-electron chi connectivity index (χ4n) is 3.79.